The summed E-state index contributed by atoms with van der Waals surface area (Å²) in [5.41, 5.74) is -0.177. The molecule has 0 saturated heterocycles. The zero-order valence-electron chi connectivity index (χ0n) is 8.65. The molecule has 0 atom stereocenters. The van der Waals surface area contributed by atoms with Crippen LogP contribution < -0.4 is 15.1 Å². The molecule has 3 heteroatoms. The summed E-state index contributed by atoms with van der Waals surface area (Å²) in [6.45, 7) is 6.01. The van der Waals surface area contributed by atoms with Crippen LogP contribution in [0.4, 0.5) is 0 Å². The van der Waals surface area contributed by atoms with Gasteiger partial charge in [-0.3, -0.25) is 0 Å². The second kappa shape index (κ2) is 4.59. The van der Waals surface area contributed by atoms with Gasteiger partial charge in [-0.25, -0.2) is 0 Å². The Morgan fingerprint density at radius 3 is 2.21 bits per heavy atom. The third-order valence-corrected chi connectivity index (χ3v) is 2.16. The lowest BCUT2D eigenvalue weighted by Crippen LogP contribution is -2.23. The summed E-state index contributed by atoms with van der Waals surface area (Å²) < 4.78 is 5.64. The molecule has 1 aromatic carbocycles. The largest absolute Gasteiger partial charge is 0.830 e. The summed E-state index contributed by atoms with van der Waals surface area (Å²) in [5.74, 6) is 1.71. The molecule has 0 saturated carbocycles. The van der Waals surface area contributed by atoms with Crippen molar-refractivity contribution in [2.45, 2.75) is 26.4 Å². The highest BCUT2D eigenvalue weighted by Gasteiger charge is 2.10. The zero-order valence-corrected chi connectivity index (χ0v) is 9.54. The molecule has 0 heterocycles. The standard InChI is InChI=1S/C11H15O2P/c1-11(2,3)13-9-4-6-10(7-5-9)14-8-12/h4-8,12H,1-3H3/p-1. The van der Waals surface area contributed by atoms with E-state index in [9.17, 15) is 5.11 Å². The Hall–Kier alpha value is -0.850. The number of ether oxygens (including phenoxy) is 1. The Morgan fingerprint density at radius 2 is 1.79 bits per heavy atom. The van der Waals surface area contributed by atoms with Crippen LogP contribution in [0, 0.1) is 0 Å². The van der Waals surface area contributed by atoms with E-state index >= 15 is 0 Å². The minimum atomic E-state index is -0.177. The van der Waals surface area contributed by atoms with Crippen molar-refractivity contribution in [3.8, 4) is 5.75 Å². The van der Waals surface area contributed by atoms with Gasteiger partial charge in [0.05, 0.1) is 0 Å². The molecule has 0 aliphatic rings. The second-order valence-electron chi connectivity index (χ2n) is 3.94. The Morgan fingerprint density at radius 1 is 1.21 bits per heavy atom. The molecule has 0 unspecified atom stereocenters. The molecule has 0 aliphatic carbocycles. The third-order valence-electron chi connectivity index (χ3n) is 1.46. The first-order valence-electron chi connectivity index (χ1n) is 4.45. The lowest BCUT2D eigenvalue weighted by Gasteiger charge is -2.21. The lowest BCUT2D eigenvalue weighted by molar-refractivity contribution is -0.195. The lowest BCUT2D eigenvalue weighted by atomic mass is 10.2. The van der Waals surface area contributed by atoms with Crippen molar-refractivity contribution in [2.24, 2.45) is 0 Å². The highest BCUT2D eigenvalue weighted by Crippen LogP contribution is 2.16. The van der Waals surface area contributed by atoms with E-state index in [1.54, 1.807) is 0 Å². The minimum Gasteiger partial charge on any atom is -0.830 e. The number of hydrogen-bond donors (Lipinski definition) is 0. The molecule has 0 fully saturated rings. The van der Waals surface area contributed by atoms with Crippen LogP contribution in [0.15, 0.2) is 24.3 Å². The fourth-order valence-electron chi connectivity index (χ4n) is 1.01. The molecule has 0 radical (unpaired) electrons. The van der Waals surface area contributed by atoms with Gasteiger partial charge in [0.15, 0.2) is 0 Å². The van der Waals surface area contributed by atoms with Gasteiger partial charge in [-0.2, -0.15) is 5.98 Å². The van der Waals surface area contributed by atoms with Gasteiger partial charge in [0.2, 0.25) is 0 Å². The molecule has 14 heavy (non-hydrogen) atoms. The van der Waals surface area contributed by atoms with E-state index in [4.69, 9.17) is 4.74 Å². The molecule has 76 valence electrons. The van der Waals surface area contributed by atoms with Crippen molar-refractivity contribution in [1.29, 1.82) is 0 Å². The summed E-state index contributed by atoms with van der Waals surface area (Å²) in [7, 11) is 0.701. The molecular formula is C11H14O2P-. The molecule has 0 spiro atoms. The molecule has 0 N–H and O–H groups in total. The fraction of sp³-hybridized carbons (Fsp3) is 0.364. The average Bonchev–Trinajstić information content (AvgIpc) is 2.06. The third kappa shape index (κ3) is 3.91. The molecule has 2 nitrogen and oxygen atoms in total. The van der Waals surface area contributed by atoms with Crippen LogP contribution >= 0.6 is 8.20 Å². The minimum absolute atomic E-state index is 0.177. The van der Waals surface area contributed by atoms with Crippen LogP contribution in [-0.2, 0) is 0 Å². The van der Waals surface area contributed by atoms with Crippen molar-refractivity contribution in [3.63, 3.8) is 0 Å². The van der Waals surface area contributed by atoms with Crippen LogP contribution in [0.3, 0.4) is 0 Å². The van der Waals surface area contributed by atoms with E-state index in [-0.39, 0.29) is 5.60 Å². The summed E-state index contributed by atoms with van der Waals surface area (Å²) in [5, 5.41) is 11.2. The molecule has 1 aromatic rings. The Bertz CT molecular complexity index is 309. The van der Waals surface area contributed by atoms with E-state index in [1.807, 2.05) is 45.0 Å². The van der Waals surface area contributed by atoms with Gasteiger partial charge in [-0.1, -0.05) is 8.20 Å². The van der Waals surface area contributed by atoms with E-state index in [2.05, 4.69) is 0 Å². The van der Waals surface area contributed by atoms with Gasteiger partial charge < -0.3 is 9.84 Å². The van der Waals surface area contributed by atoms with Crippen molar-refractivity contribution in [1.82, 2.24) is 0 Å². The van der Waals surface area contributed by atoms with Crippen LogP contribution in [0.5, 0.6) is 5.75 Å². The van der Waals surface area contributed by atoms with Crippen LogP contribution in [0.2, 0.25) is 0 Å². The monoisotopic (exact) mass is 209 g/mol. The van der Waals surface area contributed by atoms with E-state index in [0.29, 0.717) is 8.20 Å². The number of hydrogen-bond acceptors (Lipinski definition) is 2. The maximum atomic E-state index is 10.2. The highest BCUT2D eigenvalue weighted by atomic mass is 31.1. The first-order valence-corrected chi connectivity index (χ1v) is 5.41. The molecule has 1 rings (SSSR count). The van der Waals surface area contributed by atoms with Crippen LogP contribution in [0.1, 0.15) is 20.8 Å². The number of benzene rings is 1. The summed E-state index contributed by atoms with van der Waals surface area (Å²) in [6.07, 6.45) is 0. The maximum absolute atomic E-state index is 10.2. The Balaban J connectivity index is 2.74. The normalized spacial score (nSPS) is 12.0. The number of rotatable bonds is 2. The van der Waals surface area contributed by atoms with Gasteiger partial charge in [0.25, 0.3) is 0 Å². The second-order valence-corrected chi connectivity index (χ2v) is 4.93. The highest BCUT2D eigenvalue weighted by molar-refractivity contribution is 7.46. The molecular weight excluding hydrogens is 195 g/mol. The van der Waals surface area contributed by atoms with Gasteiger partial charge in [0, 0.05) is 5.30 Å². The quantitative estimate of drug-likeness (QED) is 0.692. The van der Waals surface area contributed by atoms with Crippen LogP contribution in [0.25, 0.3) is 0 Å². The molecule has 0 bridgehead atoms. The molecule has 0 aliphatic heterocycles. The SMILES string of the molecule is CC(C)(C)Oc1ccc(P=C[O-])cc1. The van der Waals surface area contributed by atoms with E-state index < -0.39 is 0 Å². The van der Waals surface area contributed by atoms with Crippen molar-refractivity contribution < 1.29 is 9.84 Å². The smallest absolute Gasteiger partial charge is 0.120 e. The fourth-order valence-corrected chi connectivity index (χ4v) is 1.46. The van der Waals surface area contributed by atoms with E-state index in [1.165, 1.54) is 0 Å². The van der Waals surface area contributed by atoms with Gasteiger partial charge >= 0.3 is 0 Å². The zero-order chi connectivity index (χ0) is 10.6. The van der Waals surface area contributed by atoms with Gasteiger partial charge in [-0.15, -0.1) is 0 Å². The van der Waals surface area contributed by atoms with Crippen molar-refractivity contribution in [2.75, 3.05) is 0 Å². The Labute approximate surface area is 86.3 Å². The molecule has 0 amide bonds. The topological polar surface area (TPSA) is 32.3 Å². The van der Waals surface area contributed by atoms with Crippen molar-refractivity contribution in [3.05, 3.63) is 24.3 Å². The average molecular weight is 209 g/mol. The van der Waals surface area contributed by atoms with E-state index in [0.717, 1.165) is 17.0 Å². The predicted octanol–water partition coefficient (Wildman–Crippen LogP) is 1.56. The Kier molecular flexibility index (Phi) is 3.68. The van der Waals surface area contributed by atoms with Gasteiger partial charge in [0.1, 0.15) is 11.4 Å². The summed E-state index contributed by atoms with van der Waals surface area (Å²) in [6, 6.07) is 7.57. The first kappa shape index (κ1) is 11.2. The first-order chi connectivity index (χ1) is 6.51. The summed E-state index contributed by atoms with van der Waals surface area (Å²) >= 11 is 0. The van der Waals surface area contributed by atoms with Gasteiger partial charge in [-0.05, 0) is 45.0 Å². The van der Waals surface area contributed by atoms with Crippen LogP contribution in [-0.4, -0.2) is 11.6 Å². The maximum Gasteiger partial charge on any atom is 0.120 e. The summed E-state index contributed by atoms with van der Waals surface area (Å²) in [4.78, 5) is 0. The molecule has 0 aromatic heterocycles. The van der Waals surface area contributed by atoms with Crippen molar-refractivity contribution >= 4 is 19.5 Å². The predicted molar refractivity (Wildman–Crippen MR) is 59.4 cm³/mol.